The van der Waals surface area contributed by atoms with E-state index < -0.39 is 0 Å². The molecule has 1 fully saturated rings. The summed E-state index contributed by atoms with van der Waals surface area (Å²) < 4.78 is 5.61. The van der Waals surface area contributed by atoms with Crippen LogP contribution in [0.15, 0.2) is 22.7 Å². The van der Waals surface area contributed by atoms with Crippen molar-refractivity contribution in [1.29, 1.82) is 0 Å². The number of furan rings is 1. The van der Waals surface area contributed by atoms with Crippen molar-refractivity contribution in [1.82, 2.24) is 10.3 Å². The maximum atomic E-state index is 5.61. The first kappa shape index (κ1) is 11.9. The van der Waals surface area contributed by atoms with E-state index in [1.165, 1.54) is 25.7 Å². The molecule has 3 rings (SSSR count). The predicted octanol–water partition coefficient (Wildman–Crippen LogP) is 3.74. The molecule has 4 heteroatoms. The molecule has 18 heavy (non-hydrogen) atoms. The molecule has 0 aliphatic heterocycles. The van der Waals surface area contributed by atoms with Gasteiger partial charge in [-0.15, -0.1) is 11.3 Å². The van der Waals surface area contributed by atoms with Crippen molar-refractivity contribution in [3.63, 3.8) is 0 Å². The lowest BCUT2D eigenvalue weighted by atomic mass is 10.2. The molecule has 0 radical (unpaired) electrons. The second-order valence-corrected chi connectivity index (χ2v) is 6.01. The Kier molecular flexibility index (Phi) is 3.48. The van der Waals surface area contributed by atoms with E-state index in [-0.39, 0.29) is 0 Å². The van der Waals surface area contributed by atoms with Crippen molar-refractivity contribution in [3.8, 4) is 10.6 Å². The van der Waals surface area contributed by atoms with Crippen molar-refractivity contribution in [2.45, 2.75) is 45.2 Å². The lowest BCUT2D eigenvalue weighted by molar-refractivity contribution is 0.523. The summed E-state index contributed by atoms with van der Waals surface area (Å²) in [5.74, 6) is 1.88. The number of hydrogen-bond donors (Lipinski definition) is 1. The van der Waals surface area contributed by atoms with Gasteiger partial charge in [-0.3, -0.25) is 0 Å². The van der Waals surface area contributed by atoms with Crippen LogP contribution in [0.25, 0.3) is 10.6 Å². The van der Waals surface area contributed by atoms with Crippen LogP contribution >= 0.6 is 11.3 Å². The van der Waals surface area contributed by atoms with Gasteiger partial charge >= 0.3 is 0 Å². The summed E-state index contributed by atoms with van der Waals surface area (Å²) >= 11 is 1.72. The SMILES string of the molecule is Cc1ccc(-c2cnc(CNC3CCCC3)s2)o1. The van der Waals surface area contributed by atoms with E-state index in [1.54, 1.807) is 11.3 Å². The van der Waals surface area contributed by atoms with Gasteiger partial charge in [-0.05, 0) is 31.9 Å². The minimum atomic E-state index is 0.697. The van der Waals surface area contributed by atoms with Crippen molar-refractivity contribution in [2.24, 2.45) is 0 Å². The molecule has 2 aromatic rings. The van der Waals surface area contributed by atoms with Crippen LogP contribution in [-0.2, 0) is 6.54 Å². The van der Waals surface area contributed by atoms with E-state index in [2.05, 4.69) is 10.3 Å². The first-order chi connectivity index (χ1) is 8.81. The quantitative estimate of drug-likeness (QED) is 0.912. The molecule has 1 aliphatic carbocycles. The molecule has 0 bridgehead atoms. The van der Waals surface area contributed by atoms with Crippen LogP contribution in [0.2, 0.25) is 0 Å². The number of nitrogens with one attached hydrogen (secondary N) is 1. The summed E-state index contributed by atoms with van der Waals surface area (Å²) in [7, 11) is 0. The van der Waals surface area contributed by atoms with Crippen LogP contribution in [0.5, 0.6) is 0 Å². The fourth-order valence-corrected chi connectivity index (χ4v) is 3.26. The van der Waals surface area contributed by atoms with Crippen molar-refractivity contribution < 1.29 is 4.42 Å². The van der Waals surface area contributed by atoms with Gasteiger partial charge in [0.05, 0.1) is 4.88 Å². The highest BCUT2D eigenvalue weighted by atomic mass is 32.1. The van der Waals surface area contributed by atoms with E-state index in [1.807, 2.05) is 25.3 Å². The Bertz CT molecular complexity index is 511. The monoisotopic (exact) mass is 262 g/mol. The molecule has 2 heterocycles. The molecule has 1 N–H and O–H groups in total. The van der Waals surface area contributed by atoms with E-state index >= 15 is 0 Å². The largest absolute Gasteiger partial charge is 0.460 e. The summed E-state index contributed by atoms with van der Waals surface area (Å²) in [6.45, 7) is 2.85. The van der Waals surface area contributed by atoms with Gasteiger partial charge in [0, 0.05) is 18.8 Å². The molecule has 3 nitrogen and oxygen atoms in total. The normalized spacial score (nSPS) is 16.5. The van der Waals surface area contributed by atoms with Gasteiger partial charge in [0.25, 0.3) is 0 Å². The number of hydrogen-bond acceptors (Lipinski definition) is 4. The first-order valence-corrected chi connectivity index (χ1v) is 7.38. The number of nitrogens with zero attached hydrogens (tertiary/aromatic N) is 1. The third-order valence-corrected chi connectivity index (χ3v) is 4.45. The Morgan fingerprint density at radius 2 is 2.22 bits per heavy atom. The highest BCUT2D eigenvalue weighted by Crippen LogP contribution is 2.28. The van der Waals surface area contributed by atoms with Gasteiger partial charge in [0.2, 0.25) is 0 Å². The zero-order chi connectivity index (χ0) is 12.4. The Balaban J connectivity index is 1.62. The second kappa shape index (κ2) is 5.24. The van der Waals surface area contributed by atoms with Gasteiger partial charge in [0.1, 0.15) is 16.5 Å². The van der Waals surface area contributed by atoms with Crippen LogP contribution in [0, 0.1) is 6.92 Å². The van der Waals surface area contributed by atoms with Crippen LogP contribution in [0.3, 0.4) is 0 Å². The fraction of sp³-hybridized carbons (Fsp3) is 0.500. The average Bonchev–Trinajstić information content (AvgIpc) is 3.07. The Morgan fingerprint density at radius 1 is 1.39 bits per heavy atom. The van der Waals surface area contributed by atoms with Crippen molar-refractivity contribution >= 4 is 11.3 Å². The van der Waals surface area contributed by atoms with E-state index in [0.717, 1.165) is 28.0 Å². The van der Waals surface area contributed by atoms with Gasteiger partial charge in [-0.1, -0.05) is 12.8 Å². The molecule has 0 unspecified atom stereocenters. The fourth-order valence-electron chi connectivity index (χ4n) is 2.43. The van der Waals surface area contributed by atoms with E-state index in [4.69, 9.17) is 4.42 Å². The third-order valence-electron chi connectivity index (χ3n) is 3.43. The van der Waals surface area contributed by atoms with E-state index in [9.17, 15) is 0 Å². The number of aryl methyl sites for hydroxylation is 1. The van der Waals surface area contributed by atoms with Crippen LogP contribution in [0.4, 0.5) is 0 Å². The highest BCUT2D eigenvalue weighted by Gasteiger charge is 2.15. The van der Waals surface area contributed by atoms with Gasteiger partial charge in [0.15, 0.2) is 0 Å². The summed E-state index contributed by atoms with van der Waals surface area (Å²) in [5.41, 5.74) is 0. The Labute approximate surface area is 111 Å². The molecular formula is C14H18N2OS. The summed E-state index contributed by atoms with van der Waals surface area (Å²) in [6, 6.07) is 4.70. The maximum Gasteiger partial charge on any atom is 0.145 e. The minimum Gasteiger partial charge on any atom is -0.460 e. The van der Waals surface area contributed by atoms with Crippen LogP contribution in [-0.4, -0.2) is 11.0 Å². The highest BCUT2D eigenvalue weighted by molar-refractivity contribution is 7.15. The topological polar surface area (TPSA) is 38.1 Å². The summed E-state index contributed by atoms with van der Waals surface area (Å²) in [5, 5.41) is 4.73. The molecule has 1 saturated carbocycles. The van der Waals surface area contributed by atoms with Crippen molar-refractivity contribution in [3.05, 3.63) is 29.1 Å². The summed E-state index contributed by atoms with van der Waals surface area (Å²) in [6.07, 6.45) is 7.28. The average molecular weight is 262 g/mol. The van der Waals surface area contributed by atoms with Crippen molar-refractivity contribution in [2.75, 3.05) is 0 Å². The predicted molar refractivity (Wildman–Crippen MR) is 73.6 cm³/mol. The van der Waals surface area contributed by atoms with Gasteiger partial charge in [-0.2, -0.15) is 0 Å². The smallest absolute Gasteiger partial charge is 0.145 e. The van der Waals surface area contributed by atoms with Gasteiger partial charge in [-0.25, -0.2) is 4.98 Å². The van der Waals surface area contributed by atoms with Crippen LogP contribution in [0.1, 0.15) is 36.5 Å². The zero-order valence-electron chi connectivity index (χ0n) is 10.6. The molecule has 0 saturated heterocycles. The molecule has 1 aliphatic rings. The molecular weight excluding hydrogens is 244 g/mol. The number of thiazole rings is 1. The Hall–Kier alpha value is -1.13. The molecule has 0 atom stereocenters. The van der Waals surface area contributed by atoms with E-state index in [0.29, 0.717) is 6.04 Å². The number of aromatic nitrogens is 1. The molecule has 0 aromatic carbocycles. The Morgan fingerprint density at radius 3 is 2.94 bits per heavy atom. The lowest BCUT2D eigenvalue weighted by Crippen LogP contribution is -2.25. The second-order valence-electron chi connectivity index (χ2n) is 4.89. The molecule has 2 aromatic heterocycles. The standard InChI is InChI=1S/C14H18N2OS/c1-10-6-7-12(17-10)13-8-16-14(18-13)9-15-11-4-2-3-5-11/h6-8,11,15H,2-5,9H2,1H3. The molecule has 0 spiro atoms. The van der Waals surface area contributed by atoms with Gasteiger partial charge < -0.3 is 9.73 Å². The molecule has 96 valence electrons. The molecule has 0 amide bonds. The maximum absolute atomic E-state index is 5.61. The summed E-state index contributed by atoms with van der Waals surface area (Å²) in [4.78, 5) is 5.58. The third kappa shape index (κ3) is 2.65. The lowest BCUT2D eigenvalue weighted by Gasteiger charge is -2.09. The minimum absolute atomic E-state index is 0.697. The zero-order valence-corrected chi connectivity index (χ0v) is 11.4. The number of rotatable bonds is 4. The first-order valence-electron chi connectivity index (χ1n) is 6.56. The van der Waals surface area contributed by atoms with Crippen LogP contribution < -0.4 is 5.32 Å².